The first-order valence-corrected chi connectivity index (χ1v) is 9.45. The second-order valence-electron chi connectivity index (χ2n) is 7.30. The van der Waals surface area contributed by atoms with E-state index in [1.165, 1.54) is 0 Å². The lowest BCUT2D eigenvalue weighted by molar-refractivity contribution is -0.139. The molecule has 0 radical (unpaired) electrons. The van der Waals surface area contributed by atoms with Gasteiger partial charge in [-0.3, -0.25) is 14.6 Å². The molecule has 0 saturated carbocycles. The summed E-state index contributed by atoms with van der Waals surface area (Å²) in [5.41, 5.74) is 2.36. The molecule has 1 saturated heterocycles. The summed E-state index contributed by atoms with van der Waals surface area (Å²) in [4.78, 5) is 38.0. The molecule has 3 heterocycles. The topological polar surface area (TPSA) is 99.2 Å². The number of fused-ring (bicyclic) bond motifs is 1. The van der Waals surface area contributed by atoms with E-state index in [1.807, 2.05) is 41.3 Å². The fourth-order valence-electron chi connectivity index (χ4n) is 4.01. The van der Waals surface area contributed by atoms with Crippen molar-refractivity contribution in [3.05, 3.63) is 60.2 Å². The first-order valence-electron chi connectivity index (χ1n) is 9.45. The molecule has 2 N–H and O–H groups in total. The van der Waals surface area contributed by atoms with Gasteiger partial charge in [0.1, 0.15) is 5.82 Å². The molecule has 2 aromatic heterocycles. The maximum Gasteiger partial charge on any atom is 0.303 e. The summed E-state index contributed by atoms with van der Waals surface area (Å²) in [6.07, 6.45) is 4.82. The highest BCUT2D eigenvalue weighted by molar-refractivity contribution is 5.94. The van der Waals surface area contributed by atoms with Gasteiger partial charge in [0.05, 0.1) is 17.2 Å². The molecule has 1 amide bonds. The van der Waals surface area contributed by atoms with E-state index in [4.69, 9.17) is 0 Å². The van der Waals surface area contributed by atoms with Crippen LogP contribution in [0.1, 0.15) is 29.0 Å². The van der Waals surface area contributed by atoms with Gasteiger partial charge in [0.25, 0.3) is 5.91 Å². The Morgan fingerprint density at radius 2 is 2.00 bits per heavy atom. The van der Waals surface area contributed by atoms with Crippen LogP contribution >= 0.6 is 0 Å². The van der Waals surface area contributed by atoms with E-state index < -0.39 is 5.97 Å². The van der Waals surface area contributed by atoms with Crippen molar-refractivity contribution >= 4 is 22.9 Å². The number of imidazole rings is 1. The first-order chi connectivity index (χ1) is 13.6. The normalized spacial score (nSPS) is 19.6. The zero-order valence-corrected chi connectivity index (χ0v) is 15.4. The summed E-state index contributed by atoms with van der Waals surface area (Å²) in [5, 5.41) is 9.30. The predicted molar refractivity (Wildman–Crippen MR) is 104 cm³/mol. The van der Waals surface area contributed by atoms with Crippen molar-refractivity contribution in [2.45, 2.75) is 19.3 Å². The smallest absolute Gasteiger partial charge is 0.303 e. The second-order valence-corrected chi connectivity index (χ2v) is 7.30. The highest BCUT2D eigenvalue weighted by Crippen LogP contribution is 2.30. The Labute approximate surface area is 162 Å². The van der Waals surface area contributed by atoms with Gasteiger partial charge >= 0.3 is 5.97 Å². The number of aromatic nitrogens is 3. The minimum atomic E-state index is -0.799. The summed E-state index contributed by atoms with van der Waals surface area (Å²) < 4.78 is 0. The maximum absolute atomic E-state index is 12.8. The summed E-state index contributed by atoms with van der Waals surface area (Å²) >= 11 is 0. The quantitative estimate of drug-likeness (QED) is 0.711. The first kappa shape index (κ1) is 18.2. The van der Waals surface area contributed by atoms with Crippen molar-refractivity contribution in [1.29, 1.82) is 0 Å². The fraction of sp³-hybridized carbons (Fsp3) is 0.333. The molecule has 1 fully saturated rings. The van der Waals surface area contributed by atoms with Gasteiger partial charge in [0.15, 0.2) is 0 Å². The molecule has 0 spiro atoms. The highest BCUT2D eigenvalue weighted by Gasteiger charge is 2.33. The molecule has 7 nitrogen and oxygen atoms in total. The van der Waals surface area contributed by atoms with Crippen molar-refractivity contribution in [1.82, 2.24) is 19.9 Å². The van der Waals surface area contributed by atoms with Gasteiger partial charge in [-0.1, -0.05) is 18.2 Å². The summed E-state index contributed by atoms with van der Waals surface area (Å²) in [5.74, 6) is 0.0481. The molecule has 0 aliphatic carbocycles. The third kappa shape index (κ3) is 3.88. The zero-order chi connectivity index (χ0) is 19.5. The van der Waals surface area contributed by atoms with E-state index in [0.717, 1.165) is 16.9 Å². The van der Waals surface area contributed by atoms with E-state index in [0.29, 0.717) is 31.5 Å². The largest absolute Gasteiger partial charge is 0.481 e. The second kappa shape index (κ2) is 7.80. The SMILES string of the molecule is O=C(O)C[C@@H]1CCN(C(=O)c2ccccc2)C[C@@H]1Cc1nc2ccncc2[nH]1. The van der Waals surface area contributed by atoms with Crippen LogP contribution in [-0.2, 0) is 11.2 Å². The molecule has 4 rings (SSSR count). The van der Waals surface area contributed by atoms with Crippen LogP contribution in [0.25, 0.3) is 11.0 Å². The van der Waals surface area contributed by atoms with Crippen molar-refractivity contribution < 1.29 is 14.7 Å². The Bertz CT molecular complexity index is 952. The number of carbonyl (C=O) groups excluding carboxylic acids is 1. The lowest BCUT2D eigenvalue weighted by Gasteiger charge is -2.38. The number of likely N-dealkylation sites (tertiary alicyclic amines) is 1. The van der Waals surface area contributed by atoms with Crippen LogP contribution in [-0.4, -0.2) is 49.9 Å². The van der Waals surface area contributed by atoms with E-state index in [1.54, 1.807) is 12.4 Å². The molecule has 28 heavy (non-hydrogen) atoms. The fourth-order valence-corrected chi connectivity index (χ4v) is 4.01. The number of pyridine rings is 1. The van der Waals surface area contributed by atoms with Crippen LogP contribution in [0.5, 0.6) is 0 Å². The molecule has 0 bridgehead atoms. The van der Waals surface area contributed by atoms with Gasteiger partial charge in [-0.2, -0.15) is 0 Å². The molecule has 0 unspecified atom stereocenters. The Balaban J connectivity index is 1.54. The standard InChI is InChI=1S/C21H22N4O3/c26-20(27)11-15-7-9-25(21(28)14-4-2-1-3-5-14)13-16(15)10-19-23-17-6-8-22-12-18(17)24-19/h1-6,8,12,15-16H,7,9-11,13H2,(H,23,24)(H,26,27)/t15-,16-/m0/s1. The number of hydrogen-bond acceptors (Lipinski definition) is 4. The number of amides is 1. The zero-order valence-electron chi connectivity index (χ0n) is 15.4. The Morgan fingerprint density at radius 3 is 2.75 bits per heavy atom. The Kier molecular flexibility index (Phi) is 5.06. The monoisotopic (exact) mass is 378 g/mol. The number of carboxylic acid groups (broad SMARTS) is 1. The molecule has 2 atom stereocenters. The van der Waals surface area contributed by atoms with Crippen LogP contribution in [0.2, 0.25) is 0 Å². The molecule has 1 aromatic carbocycles. The van der Waals surface area contributed by atoms with Crippen molar-refractivity contribution in [2.24, 2.45) is 11.8 Å². The number of rotatable bonds is 5. The summed E-state index contributed by atoms with van der Waals surface area (Å²) in [7, 11) is 0. The van der Waals surface area contributed by atoms with Gasteiger partial charge in [0.2, 0.25) is 0 Å². The van der Waals surface area contributed by atoms with Gasteiger partial charge in [-0.25, -0.2) is 4.98 Å². The van der Waals surface area contributed by atoms with Crippen LogP contribution in [0.3, 0.4) is 0 Å². The van der Waals surface area contributed by atoms with Crippen LogP contribution in [0, 0.1) is 11.8 Å². The summed E-state index contributed by atoms with van der Waals surface area (Å²) in [6.45, 7) is 1.10. The maximum atomic E-state index is 12.8. The van der Waals surface area contributed by atoms with Crippen molar-refractivity contribution in [3.63, 3.8) is 0 Å². The number of nitrogens with one attached hydrogen (secondary N) is 1. The number of carboxylic acids is 1. The third-order valence-corrected chi connectivity index (χ3v) is 5.42. The van der Waals surface area contributed by atoms with Crippen LogP contribution in [0.15, 0.2) is 48.8 Å². The molecule has 1 aliphatic rings. The average Bonchev–Trinajstić information content (AvgIpc) is 3.11. The lowest BCUT2D eigenvalue weighted by Crippen LogP contribution is -2.45. The molecule has 7 heteroatoms. The minimum Gasteiger partial charge on any atom is -0.481 e. The number of benzene rings is 1. The Hall–Kier alpha value is -3.22. The van der Waals surface area contributed by atoms with Crippen molar-refractivity contribution in [3.8, 4) is 0 Å². The van der Waals surface area contributed by atoms with E-state index in [2.05, 4.69) is 15.0 Å². The van der Waals surface area contributed by atoms with E-state index in [9.17, 15) is 14.7 Å². The predicted octanol–water partition coefficient (Wildman–Crippen LogP) is 2.75. The molecular weight excluding hydrogens is 356 g/mol. The minimum absolute atomic E-state index is 0.00631. The number of hydrogen-bond donors (Lipinski definition) is 2. The number of aliphatic carboxylic acids is 1. The average molecular weight is 378 g/mol. The number of piperidine rings is 1. The Morgan fingerprint density at radius 1 is 1.18 bits per heavy atom. The lowest BCUT2D eigenvalue weighted by atomic mass is 9.81. The van der Waals surface area contributed by atoms with Gasteiger partial charge in [-0.05, 0) is 36.5 Å². The molecule has 3 aromatic rings. The highest BCUT2D eigenvalue weighted by atomic mass is 16.4. The van der Waals surface area contributed by atoms with E-state index >= 15 is 0 Å². The van der Waals surface area contributed by atoms with Crippen molar-refractivity contribution in [2.75, 3.05) is 13.1 Å². The number of nitrogens with zero attached hydrogens (tertiary/aromatic N) is 3. The number of aromatic amines is 1. The molecular formula is C21H22N4O3. The molecule has 144 valence electrons. The van der Waals surface area contributed by atoms with Gasteiger partial charge in [-0.15, -0.1) is 0 Å². The van der Waals surface area contributed by atoms with Crippen LogP contribution < -0.4 is 0 Å². The third-order valence-electron chi connectivity index (χ3n) is 5.42. The van der Waals surface area contributed by atoms with Gasteiger partial charge < -0.3 is 15.0 Å². The number of H-pyrrole nitrogens is 1. The molecule has 1 aliphatic heterocycles. The van der Waals surface area contributed by atoms with E-state index in [-0.39, 0.29) is 24.2 Å². The number of carbonyl (C=O) groups is 2. The van der Waals surface area contributed by atoms with Crippen LogP contribution in [0.4, 0.5) is 0 Å². The van der Waals surface area contributed by atoms with Gasteiger partial charge in [0, 0.05) is 37.7 Å². The summed E-state index contributed by atoms with van der Waals surface area (Å²) in [6, 6.07) is 11.1.